The molecule has 0 aliphatic heterocycles. The molecule has 11 heteroatoms. The van der Waals surface area contributed by atoms with E-state index in [0.717, 1.165) is 47.2 Å². The van der Waals surface area contributed by atoms with Crippen LogP contribution in [0.25, 0.3) is 0 Å². The highest BCUT2D eigenvalue weighted by atomic mass is 28.4. The molecule has 0 bridgehead atoms. The Balaban J connectivity index is 0.000000388. The number of ketones is 2. The van der Waals surface area contributed by atoms with Crippen LogP contribution in [0.4, 0.5) is 0 Å². The van der Waals surface area contributed by atoms with E-state index in [-0.39, 0.29) is 19.0 Å². The molecule has 0 aromatic heterocycles. The van der Waals surface area contributed by atoms with Gasteiger partial charge in [0.05, 0.1) is 0 Å². The summed E-state index contributed by atoms with van der Waals surface area (Å²) in [6.45, 7) is 22.5. The summed E-state index contributed by atoms with van der Waals surface area (Å²) in [5.74, 6) is -1.63. The maximum absolute atomic E-state index is 13.6. The van der Waals surface area contributed by atoms with E-state index in [1.54, 1.807) is 7.11 Å². The standard InChI is InChI=1S/C23H34O4Si2.C22H32O3Si2.CH4/c1-25-23(26-2,20-14-9-8-10-15-20)22(24)21-16-12-11-13-19(21)17-18-29(6,7)27-28(3,4)5;1-24-22(19-13-8-7-9-14-19)21(23)20-15-11-10-12-18(20)16-17-27(5,6)25-26(2,3)4;/h8-16H,17-18H2,1-7H3;7-15,22H,16-17H2,1-6H3;1H4. The van der Waals surface area contributed by atoms with Gasteiger partial charge in [-0.15, -0.1) is 0 Å². The van der Waals surface area contributed by atoms with E-state index < -0.39 is 45.2 Å². The third-order valence-corrected chi connectivity index (χ3v) is 21.5. The largest absolute Gasteiger partial charge is 0.456 e. The van der Waals surface area contributed by atoms with E-state index in [1.807, 2.05) is 103 Å². The molecule has 0 saturated carbocycles. The number of ether oxygens (including phenoxy) is 3. The molecule has 0 heterocycles. The van der Waals surface area contributed by atoms with Crippen LogP contribution in [0, 0.1) is 0 Å². The van der Waals surface area contributed by atoms with Crippen LogP contribution in [-0.4, -0.2) is 66.2 Å². The minimum atomic E-state index is -1.82. The molecule has 0 aliphatic carbocycles. The molecule has 0 spiro atoms. The van der Waals surface area contributed by atoms with Gasteiger partial charge in [-0.2, -0.15) is 0 Å². The molecular formula is C46H70O7Si4. The summed E-state index contributed by atoms with van der Waals surface area (Å²) in [7, 11) is -2.12. The van der Waals surface area contributed by atoms with Gasteiger partial charge in [-0.25, -0.2) is 0 Å². The van der Waals surface area contributed by atoms with Gasteiger partial charge in [0.25, 0.3) is 5.79 Å². The Kier molecular flexibility index (Phi) is 19.1. The van der Waals surface area contributed by atoms with E-state index in [1.165, 1.54) is 14.2 Å². The molecule has 1 unspecified atom stereocenters. The number of Topliss-reactive ketones (excluding diaryl/α,β-unsaturated/α-hetero) is 2. The minimum absolute atomic E-state index is 0. The minimum Gasteiger partial charge on any atom is -0.456 e. The second-order valence-corrected chi connectivity index (χ2v) is 35.5. The predicted molar refractivity (Wildman–Crippen MR) is 247 cm³/mol. The fraction of sp³-hybridized carbons (Fsp3) is 0.435. The zero-order valence-corrected chi connectivity index (χ0v) is 40.2. The number of carbonyl (C=O) groups excluding carboxylic acids is 2. The summed E-state index contributed by atoms with van der Waals surface area (Å²) < 4.78 is 29.8. The fourth-order valence-electron chi connectivity index (χ4n) is 7.20. The molecular weight excluding hydrogens is 777 g/mol. The van der Waals surface area contributed by atoms with Crippen molar-refractivity contribution in [3.05, 3.63) is 143 Å². The van der Waals surface area contributed by atoms with E-state index in [9.17, 15) is 9.59 Å². The van der Waals surface area contributed by atoms with Crippen LogP contribution in [0.15, 0.2) is 109 Å². The topological polar surface area (TPSA) is 80.3 Å². The molecule has 4 aromatic rings. The Morgan fingerprint density at radius 2 is 0.930 bits per heavy atom. The number of benzene rings is 4. The van der Waals surface area contributed by atoms with Gasteiger partial charge >= 0.3 is 0 Å². The monoisotopic (exact) mass is 846 g/mol. The summed E-state index contributed by atoms with van der Waals surface area (Å²) in [5.41, 5.74) is 5.05. The van der Waals surface area contributed by atoms with Crippen LogP contribution in [0.2, 0.25) is 77.6 Å². The Hall–Kier alpha value is -3.11. The van der Waals surface area contributed by atoms with Crippen molar-refractivity contribution in [2.75, 3.05) is 21.3 Å². The molecule has 0 amide bonds. The second kappa shape index (κ2) is 21.8. The number of rotatable bonds is 19. The van der Waals surface area contributed by atoms with Crippen LogP contribution in [-0.2, 0) is 41.1 Å². The molecule has 0 radical (unpaired) electrons. The van der Waals surface area contributed by atoms with Gasteiger partial charge in [-0.1, -0.05) is 117 Å². The van der Waals surface area contributed by atoms with Gasteiger partial charge in [0.1, 0.15) is 6.10 Å². The van der Waals surface area contributed by atoms with Crippen molar-refractivity contribution >= 4 is 44.8 Å². The van der Waals surface area contributed by atoms with Gasteiger partial charge in [-0.05, 0) is 107 Å². The summed E-state index contributed by atoms with van der Waals surface area (Å²) in [5, 5.41) is 0. The number of hydrogen-bond donors (Lipinski definition) is 0. The lowest BCUT2D eigenvalue weighted by molar-refractivity contribution is -0.176. The normalized spacial score (nSPS) is 12.9. The first-order valence-corrected chi connectivity index (χ1v) is 32.6. The maximum Gasteiger partial charge on any atom is 0.260 e. The molecule has 57 heavy (non-hydrogen) atoms. The van der Waals surface area contributed by atoms with Crippen LogP contribution < -0.4 is 0 Å². The molecule has 1 atom stereocenters. The van der Waals surface area contributed by atoms with Crippen molar-refractivity contribution in [2.24, 2.45) is 0 Å². The van der Waals surface area contributed by atoms with Crippen molar-refractivity contribution in [3.8, 4) is 0 Å². The van der Waals surface area contributed by atoms with Crippen molar-refractivity contribution in [3.63, 3.8) is 0 Å². The van der Waals surface area contributed by atoms with Crippen LogP contribution in [0.5, 0.6) is 0 Å². The van der Waals surface area contributed by atoms with Gasteiger partial charge in [-0.3, -0.25) is 9.59 Å². The Morgan fingerprint density at radius 1 is 0.544 bits per heavy atom. The molecule has 4 rings (SSSR count). The third-order valence-electron chi connectivity index (χ3n) is 9.31. The summed E-state index contributed by atoms with van der Waals surface area (Å²) in [6, 6.07) is 36.7. The molecule has 312 valence electrons. The number of methoxy groups -OCH3 is 3. The summed E-state index contributed by atoms with van der Waals surface area (Å²) >= 11 is 0. The van der Waals surface area contributed by atoms with Crippen molar-refractivity contribution in [1.29, 1.82) is 0 Å². The zero-order valence-electron chi connectivity index (χ0n) is 36.2. The quantitative estimate of drug-likeness (QED) is 0.0528. The molecule has 7 nitrogen and oxygen atoms in total. The molecule has 0 saturated heterocycles. The van der Waals surface area contributed by atoms with Crippen LogP contribution >= 0.6 is 0 Å². The van der Waals surface area contributed by atoms with Gasteiger partial charge in [0.15, 0.2) is 39.1 Å². The number of hydrogen-bond acceptors (Lipinski definition) is 7. The van der Waals surface area contributed by atoms with E-state index in [0.29, 0.717) is 11.1 Å². The summed E-state index contributed by atoms with van der Waals surface area (Å²) in [4.78, 5) is 26.9. The predicted octanol–water partition coefficient (Wildman–Crippen LogP) is 12.1. The lowest BCUT2D eigenvalue weighted by Gasteiger charge is -2.32. The Morgan fingerprint density at radius 3 is 1.35 bits per heavy atom. The average Bonchev–Trinajstić information content (AvgIpc) is 3.14. The third kappa shape index (κ3) is 15.2. The Labute approximate surface area is 349 Å². The van der Waals surface area contributed by atoms with Crippen molar-refractivity contribution < 1.29 is 32.0 Å². The van der Waals surface area contributed by atoms with Gasteiger partial charge in [0.2, 0.25) is 5.78 Å². The highest BCUT2D eigenvalue weighted by Crippen LogP contribution is 2.33. The van der Waals surface area contributed by atoms with Crippen molar-refractivity contribution in [1.82, 2.24) is 0 Å². The molecule has 0 aliphatic rings. The first kappa shape index (κ1) is 50.0. The Bertz CT molecular complexity index is 1830. The summed E-state index contributed by atoms with van der Waals surface area (Å²) in [6.07, 6.45) is 1.08. The molecule has 0 N–H and O–H groups in total. The van der Waals surface area contributed by atoms with Crippen molar-refractivity contribution in [2.45, 2.75) is 110 Å². The maximum atomic E-state index is 13.6. The number of carbonyl (C=O) groups is 2. The first-order valence-electron chi connectivity index (χ1n) is 19.6. The highest BCUT2D eigenvalue weighted by Gasteiger charge is 2.42. The lowest BCUT2D eigenvalue weighted by Crippen LogP contribution is -2.42. The van der Waals surface area contributed by atoms with E-state index in [4.69, 9.17) is 22.4 Å². The van der Waals surface area contributed by atoms with Gasteiger partial charge in [0, 0.05) is 38.0 Å². The van der Waals surface area contributed by atoms with Crippen LogP contribution in [0.3, 0.4) is 0 Å². The highest BCUT2D eigenvalue weighted by molar-refractivity contribution is 6.84. The number of aryl methyl sites for hydroxylation is 2. The second-order valence-electron chi connectivity index (χ2n) is 17.4. The van der Waals surface area contributed by atoms with E-state index >= 15 is 0 Å². The van der Waals surface area contributed by atoms with Gasteiger partial charge < -0.3 is 22.4 Å². The zero-order chi connectivity index (χ0) is 41.8. The first-order chi connectivity index (χ1) is 26.2. The fourth-order valence-corrected chi connectivity index (χ4v) is 23.0. The van der Waals surface area contributed by atoms with E-state index in [2.05, 4.69) is 71.5 Å². The van der Waals surface area contributed by atoms with Crippen LogP contribution in [0.1, 0.15) is 56.5 Å². The molecule has 4 aromatic carbocycles. The smallest absolute Gasteiger partial charge is 0.260 e. The SMILES string of the molecule is C.COC(C(=O)c1ccccc1CC[Si](C)(C)O[Si](C)(C)C)c1ccccc1.COC(OC)(C(=O)c1ccccc1CC[Si](C)(C)O[Si](C)(C)C)c1ccccc1. The molecule has 0 fully saturated rings. The lowest BCUT2D eigenvalue weighted by atomic mass is 9.92. The average molecular weight is 847 g/mol.